The maximum absolute atomic E-state index is 12.1. The minimum Gasteiger partial charge on any atom is -0.350 e. The largest absolute Gasteiger partial charge is 0.350 e. The summed E-state index contributed by atoms with van der Waals surface area (Å²) < 4.78 is 0. The molecular formula is C15H22ClN3O. The Morgan fingerprint density at radius 2 is 2.10 bits per heavy atom. The number of carbonyl (C=O) groups excluding carboxylic acids is 1. The number of aryl methyl sites for hydroxylation is 1. The molecule has 1 aliphatic heterocycles. The fraction of sp³-hybridized carbons (Fsp3) is 0.600. The first-order chi connectivity index (χ1) is 9.56. The van der Waals surface area contributed by atoms with Gasteiger partial charge >= 0.3 is 0 Å². The number of rotatable bonds is 4. The lowest BCUT2D eigenvalue weighted by Crippen LogP contribution is -2.44. The molecule has 110 valence electrons. The summed E-state index contributed by atoms with van der Waals surface area (Å²) in [6, 6.07) is 3.74. The van der Waals surface area contributed by atoms with E-state index < -0.39 is 0 Å². The number of pyridine rings is 1. The van der Waals surface area contributed by atoms with Gasteiger partial charge in [0.25, 0.3) is 5.91 Å². The Kier molecular flexibility index (Phi) is 5.38. The van der Waals surface area contributed by atoms with E-state index in [9.17, 15) is 4.79 Å². The number of nitrogens with one attached hydrogen (secondary N) is 1. The number of nitrogens with zero attached hydrogens (tertiary/aromatic N) is 2. The Morgan fingerprint density at radius 1 is 1.40 bits per heavy atom. The Hall–Kier alpha value is -1.13. The van der Waals surface area contributed by atoms with Gasteiger partial charge in [0.2, 0.25) is 0 Å². The second-order valence-electron chi connectivity index (χ2n) is 5.48. The topological polar surface area (TPSA) is 45.2 Å². The van der Waals surface area contributed by atoms with Gasteiger partial charge in [-0.1, -0.05) is 18.0 Å². The highest BCUT2D eigenvalue weighted by Gasteiger charge is 2.17. The molecule has 1 N–H and O–H groups in total. The second-order valence-corrected chi connectivity index (χ2v) is 5.86. The highest BCUT2D eigenvalue weighted by Crippen LogP contribution is 2.12. The van der Waals surface area contributed by atoms with Gasteiger partial charge in [-0.05, 0) is 51.9 Å². The molecule has 1 fully saturated rings. The molecule has 1 aromatic rings. The average molecular weight is 296 g/mol. The third kappa shape index (κ3) is 4.18. The van der Waals surface area contributed by atoms with Crippen molar-refractivity contribution >= 4 is 17.5 Å². The van der Waals surface area contributed by atoms with Gasteiger partial charge in [0, 0.05) is 23.8 Å². The first-order valence-electron chi connectivity index (χ1n) is 7.22. The Labute approximate surface area is 125 Å². The quantitative estimate of drug-likeness (QED) is 0.869. The lowest BCUT2D eigenvalue weighted by atomic mass is 10.1. The average Bonchev–Trinajstić information content (AvgIpc) is 2.44. The van der Waals surface area contributed by atoms with Crippen LogP contribution in [0.1, 0.15) is 42.2 Å². The van der Waals surface area contributed by atoms with E-state index in [1.54, 1.807) is 12.1 Å². The molecule has 0 spiro atoms. The summed E-state index contributed by atoms with van der Waals surface area (Å²) in [6.45, 7) is 6.93. The molecule has 1 aromatic heterocycles. The monoisotopic (exact) mass is 295 g/mol. The Balaban J connectivity index is 1.87. The molecule has 1 amide bonds. The zero-order valence-electron chi connectivity index (χ0n) is 12.2. The molecule has 0 aliphatic carbocycles. The van der Waals surface area contributed by atoms with Crippen LogP contribution in [0, 0.1) is 6.92 Å². The van der Waals surface area contributed by atoms with Gasteiger partial charge in [-0.15, -0.1) is 0 Å². The molecule has 2 rings (SSSR count). The molecule has 0 saturated carbocycles. The molecule has 1 saturated heterocycles. The highest BCUT2D eigenvalue weighted by atomic mass is 35.5. The molecule has 0 bridgehead atoms. The van der Waals surface area contributed by atoms with Crippen molar-refractivity contribution in [2.45, 2.75) is 39.2 Å². The van der Waals surface area contributed by atoms with Crippen LogP contribution >= 0.6 is 11.6 Å². The van der Waals surface area contributed by atoms with E-state index in [-0.39, 0.29) is 5.91 Å². The van der Waals surface area contributed by atoms with E-state index in [4.69, 9.17) is 11.6 Å². The van der Waals surface area contributed by atoms with Crippen LogP contribution < -0.4 is 5.32 Å². The molecule has 1 aliphatic rings. The number of carbonyl (C=O) groups is 1. The van der Waals surface area contributed by atoms with E-state index in [1.165, 1.54) is 19.3 Å². The number of aromatic nitrogens is 1. The van der Waals surface area contributed by atoms with Crippen LogP contribution in [0.2, 0.25) is 5.15 Å². The van der Waals surface area contributed by atoms with Gasteiger partial charge in [0.15, 0.2) is 0 Å². The van der Waals surface area contributed by atoms with Crippen molar-refractivity contribution in [2.24, 2.45) is 0 Å². The fourth-order valence-corrected chi connectivity index (χ4v) is 2.84. The van der Waals surface area contributed by atoms with Crippen LogP contribution in [0.4, 0.5) is 0 Å². The number of piperidine rings is 1. The third-order valence-electron chi connectivity index (χ3n) is 3.76. The van der Waals surface area contributed by atoms with Gasteiger partial charge in [0.05, 0.1) is 0 Å². The lowest BCUT2D eigenvalue weighted by molar-refractivity contribution is 0.0930. The lowest BCUT2D eigenvalue weighted by Gasteiger charge is -2.32. The van der Waals surface area contributed by atoms with Crippen LogP contribution in [0.15, 0.2) is 12.1 Å². The van der Waals surface area contributed by atoms with Crippen molar-refractivity contribution in [3.8, 4) is 0 Å². The summed E-state index contributed by atoms with van der Waals surface area (Å²) in [5, 5.41) is 3.34. The highest BCUT2D eigenvalue weighted by molar-refractivity contribution is 6.29. The molecule has 20 heavy (non-hydrogen) atoms. The smallest absolute Gasteiger partial charge is 0.251 e. The molecular weight excluding hydrogens is 274 g/mol. The molecule has 1 unspecified atom stereocenters. The molecule has 0 aromatic carbocycles. The first-order valence-corrected chi connectivity index (χ1v) is 7.60. The predicted molar refractivity (Wildman–Crippen MR) is 81.2 cm³/mol. The van der Waals surface area contributed by atoms with Gasteiger partial charge in [-0.2, -0.15) is 0 Å². The van der Waals surface area contributed by atoms with Gasteiger partial charge < -0.3 is 5.32 Å². The number of hydrogen-bond donors (Lipinski definition) is 1. The normalized spacial score (nSPS) is 17.8. The van der Waals surface area contributed by atoms with Crippen molar-refractivity contribution < 1.29 is 4.79 Å². The van der Waals surface area contributed by atoms with E-state index in [1.807, 2.05) is 6.92 Å². The van der Waals surface area contributed by atoms with Crippen molar-refractivity contribution in [3.63, 3.8) is 0 Å². The molecule has 5 heteroatoms. The van der Waals surface area contributed by atoms with Gasteiger partial charge in [-0.3, -0.25) is 9.69 Å². The molecule has 4 nitrogen and oxygen atoms in total. The van der Waals surface area contributed by atoms with Crippen molar-refractivity contribution in [3.05, 3.63) is 28.5 Å². The summed E-state index contributed by atoms with van der Waals surface area (Å²) in [7, 11) is 0. The molecule has 2 heterocycles. The zero-order valence-corrected chi connectivity index (χ0v) is 12.9. The number of hydrogen-bond acceptors (Lipinski definition) is 3. The molecule has 1 atom stereocenters. The second kappa shape index (κ2) is 7.04. The van der Waals surface area contributed by atoms with Crippen LogP contribution in [-0.2, 0) is 0 Å². The van der Waals surface area contributed by atoms with Crippen LogP contribution in [0.3, 0.4) is 0 Å². The van der Waals surface area contributed by atoms with Crippen LogP contribution in [0.5, 0.6) is 0 Å². The molecule has 0 radical (unpaired) electrons. The summed E-state index contributed by atoms with van der Waals surface area (Å²) in [5.41, 5.74) is 1.33. The number of halogens is 1. The Morgan fingerprint density at radius 3 is 2.75 bits per heavy atom. The summed E-state index contributed by atoms with van der Waals surface area (Å²) in [4.78, 5) is 18.6. The maximum Gasteiger partial charge on any atom is 0.251 e. The maximum atomic E-state index is 12.1. The SMILES string of the molecule is Cc1cc(C(=O)NCC(C)N2CCCCC2)cc(Cl)n1. The fourth-order valence-electron chi connectivity index (χ4n) is 2.59. The minimum absolute atomic E-state index is 0.0822. The summed E-state index contributed by atoms with van der Waals surface area (Å²) in [5.74, 6) is -0.0822. The Bertz CT molecular complexity index is 452. The van der Waals surface area contributed by atoms with E-state index in [2.05, 4.69) is 22.1 Å². The van der Waals surface area contributed by atoms with Crippen LogP contribution in [0.25, 0.3) is 0 Å². The summed E-state index contributed by atoms with van der Waals surface area (Å²) >= 11 is 5.88. The van der Waals surface area contributed by atoms with Crippen molar-refractivity contribution in [1.82, 2.24) is 15.2 Å². The van der Waals surface area contributed by atoms with Gasteiger partial charge in [0.1, 0.15) is 5.15 Å². The zero-order chi connectivity index (χ0) is 14.5. The standard InChI is InChI=1S/C15H22ClN3O/c1-11-8-13(9-14(16)18-11)15(20)17-10-12(2)19-6-4-3-5-7-19/h8-9,12H,3-7,10H2,1-2H3,(H,17,20). The minimum atomic E-state index is -0.0822. The van der Waals surface area contributed by atoms with E-state index in [0.29, 0.717) is 23.3 Å². The summed E-state index contributed by atoms with van der Waals surface area (Å²) in [6.07, 6.45) is 3.85. The predicted octanol–water partition coefficient (Wildman–Crippen LogP) is 2.65. The third-order valence-corrected chi connectivity index (χ3v) is 3.95. The van der Waals surface area contributed by atoms with Crippen LogP contribution in [-0.4, -0.2) is 41.5 Å². The van der Waals surface area contributed by atoms with E-state index >= 15 is 0 Å². The van der Waals surface area contributed by atoms with Crippen molar-refractivity contribution in [2.75, 3.05) is 19.6 Å². The van der Waals surface area contributed by atoms with Gasteiger partial charge in [-0.25, -0.2) is 4.98 Å². The first kappa shape index (κ1) is 15.3. The number of amides is 1. The van der Waals surface area contributed by atoms with Crippen molar-refractivity contribution in [1.29, 1.82) is 0 Å². The number of likely N-dealkylation sites (tertiary alicyclic amines) is 1. The van der Waals surface area contributed by atoms with E-state index in [0.717, 1.165) is 18.8 Å².